The van der Waals surface area contributed by atoms with Crippen molar-refractivity contribution in [1.29, 1.82) is 0 Å². The molecule has 2 N–H and O–H groups in total. The van der Waals surface area contributed by atoms with Crippen molar-refractivity contribution in [2.45, 2.75) is 44.2 Å². The Morgan fingerprint density at radius 1 is 1.12 bits per heavy atom. The van der Waals surface area contributed by atoms with E-state index in [0.717, 1.165) is 37.3 Å². The summed E-state index contributed by atoms with van der Waals surface area (Å²) in [6, 6.07) is 11.5. The van der Waals surface area contributed by atoms with Crippen molar-refractivity contribution >= 4 is 29.3 Å². The van der Waals surface area contributed by atoms with E-state index in [1.807, 2.05) is 24.3 Å². The highest BCUT2D eigenvalue weighted by Crippen LogP contribution is 2.40. The Bertz CT molecular complexity index is 1120. The summed E-state index contributed by atoms with van der Waals surface area (Å²) in [5, 5.41) is 11.2. The van der Waals surface area contributed by atoms with Crippen molar-refractivity contribution in [1.82, 2.24) is 4.98 Å². The van der Waals surface area contributed by atoms with Gasteiger partial charge < -0.3 is 14.8 Å². The first kappa shape index (κ1) is 23.2. The molecular formula is C24H22ClF3N2O3. The minimum Gasteiger partial charge on any atom is -0.481 e. The Hall–Kier alpha value is -3.00. The van der Waals surface area contributed by atoms with E-state index >= 15 is 0 Å². The number of anilines is 2. The van der Waals surface area contributed by atoms with Crippen LogP contribution in [0.15, 0.2) is 53.1 Å². The normalized spacial score (nSPS) is 18.8. The van der Waals surface area contributed by atoms with Gasteiger partial charge in [0.15, 0.2) is 5.76 Å². The van der Waals surface area contributed by atoms with Gasteiger partial charge in [0, 0.05) is 12.0 Å². The zero-order valence-corrected chi connectivity index (χ0v) is 18.3. The Morgan fingerprint density at radius 3 is 2.45 bits per heavy atom. The molecule has 2 aromatic carbocycles. The lowest BCUT2D eigenvalue weighted by Crippen LogP contribution is -2.16. The van der Waals surface area contributed by atoms with Crippen LogP contribution in [0, 0.1) is 5.92 Å². The van der Waals surface area contributed by atoms with E-state index in [9.17, 15) is 18.0 Å². The number of carboxylic acids is 1. The first-order valence-corrected chi connectivity index (χ1v) is 11.0. The largest absolute Gasteiger partial charge is 0.481 e. The van der Waals surface area contributed by atoms with Gasteiger partial charge in [-0.15, -0.1) is 0 Å². The second-order valence-corrected chi connectivity index (χ2v) is 8.64. The molecule has 1 aromatic heterocycles. The number of aliphatic carboxylic acids is 1. The quantitative estimate of drug-likeness (QED) is 0.383. The van der Waals surface area contributed by atoms with Gasteiger partial charge in [-0.05, 0) is 55.2 Å². The number of rotatable bonds is 6. The maximum Gasteiger partial charge on any atom is 0.417 e. The summed E-state index contributed by atoms with van der Waals surface area (Å²) in [5.41, 5.74) is 1.09. The van der Waals surface area contributed by atoms with Crippen molar-refractivity contribution in [3.05, 3.63) is 64.8 Å². The van der Waals surface area contributed by atoms with Crippen LogP contribution in [-0.2, 0) is 11.0 Å². The maximum absolute atomic E-state index is 13.1. The van der Waals surface area contributed by atoms with Crippen LogP contribution in [0.2, 0.25) is 5.02 Å². The fraction of sp³-hybridized carbons (Fsp3) is 0.333. The molecule has 0 aliphatic heterocycles. The standard InChI is InChI=1S/C24H22ClF3N2O3/c25-22-18(24(26,27)28)2-1-3-19(22)30-23-29-13-20(33-23)17-10-8-16(9-11-17)15-6-4-14(5-7-15)12-21(31)32/h1-3,8-11,13-15H,4-7,12H2,(H,29,30)(H,31,32). The SMILES string of the molecule is O=C(O)CC1CCC(c2ccc(-c3cnc(Nc4cccc(C(F)(F)F)c4Cl)o3)cc2)CC1. The highest BCUT2D eigenvalue weighted by Gasteiger charge is 2.34. The molecule has 0 saturated heterocycles. The van der Waals surface area contributed by atoms with Gasteiger partial charge in [-0.25, -0.2) is 4.98 Å². The number of hydrogen-bond acceptors (Lipinski definition) is 4. The third kappa shape index (κ3) is 5.50. The van der Waals surface area contributed by atoms with Crippen molar-refractivity contribution in [2.24, 2.45) is 5.92 Å². The molecule has 33 heavy (non-hydrogen) atoms. The highest BCUT2D eigenvalue weighted by molar-refractivity contribution is 6.34. The fourth-order valence-corrected chi connectivity index (χ4v) is 4.57. The summed E-state index contributed by atoms with van der Waals surface area (Å²) in [4.78, 5) is 15.0. The van der Waals surface area contributed by atoms with E-state index in [0.29, 0.717) is 11.7 Å². The van der Waals surface area contributed by atoms with Crippen LogP contribution in [0.3, 0.4) is 0 Å². The van der Waals surface area contributed by atoms with Gasteiger partial charge in [-0.2, -0.15) is 13.2 Å². The molecule has 0 radical (unpaired) electrons. The van der Waals surface area contributed by atoms with Crippen molar-refractivity contribution in [3.8, 4) is 11.3 Å². The maximum atomic E-state index is 13.1. The lowest BCUT2D eigenvalue weighted by Gasteiger charge is -2.28. The lowest BCUT2D eigenvalue weighted by atomic mass is 9.77. The molecule has 174 valence electrons. The number of halogens is 4. The van der Waals surface area contributed by atoms with Crippen molar-refractivity contribution in [2.75, 3.05) is 5.32 Å². The molecule has 0 bridgehead atoms. The minimum atomic E-state index is -4.56. The minimum absolute atomic E-state index is 0.0343. The number of nitrogens with zero attached hydrogens (tertiary/aromatic N) is 1. The number of oxazole rings is 1. The first-order chi connectivity index (χ1) is 15.7. The lowest BCUT2D eigenvalue weighted by molar-refractivity contribution is -0.138. The molecule has 1 fully saturated rings. The molecule has 0 amide bonds. The molecule has 0 spiro atoms. The van der Waals surface area contributed by atoms with Crippen LogP contribution in [0.25, 0.3) is 11.3 Å². The van der Waals surface area contributed by atoms with Crippen LogP contribution < -0.4 is 5.32 Å². The third-order valence-electron chi connectivity index (χ3n) is 6.03. The van der Waals surface area contributed by atoms with E-state index in [1.54, 1.807) is 0 Å². The molecule has 1 aliphatic rings. The smallest absolute Gasteiger partial charge is 0.417 e. The van der Waals surface area contributed by atoms with Gasteiger partial charge in [-0.1, -0.05) is 41.9 Å². The van der Waals surface area contributed by atoms with E-state index in [1.165, 1.54) is 23.9 Å². The topological polar surface area (TPSA) is 75.4 Å². The summed E-state index contributed by atoms with van der Waals surface area (Å²) in [6.45, 7) is 0. The Balaban J connectivity index is 1.42. The molecule has 3 aromatic rings. The molecule has 4 rings (SSSR count). The van der Waals surface area contributed by atoms with Crippen molar-refractivity contribution in [3.63, 3.8) is 0 Å². The first-order valence-electron chi connectivity index (χ1n) is 10.6. The fourth-order valence-electron chi connectivity index (χ4n) is 4.29. The monoisotopic (exact) mass is 478 g/mol. The van der Waals surface area contributed by atoms with Gasteiger partial charge in [0.1, 0.15) is 0 Å². The second-order valence-electron chi connectivity index (χ2n) is 8.26. The average molecular weight is 479 g/mol. The molecule has 0 atom stereocenters. The molecule has 1 saturated carbocycles. The molecule has 1 heterocycles. The number of hydrogen-bond donors (Lipinski definition) is 2. The molecule has 1 aliphatic carbocycles. The van der Waals surface area contributed by atoms with Crippen LogP contribution in [-0.4, -0.2) is 16.1 Å². The number of alkyl halides is 3. The number of aromatic nitrogens is 1. The zero-order valence-electron chi connectivity index (χ0n) is 17.5. The van der Waals surface area contributed by atoms with E-state index in [-0.39, 0.29) is 24.0 Å². The van der Waals surface area contributed by atoms with Gasteiger partial charge in [0.25, 0.3) is 6.01 Å². The summed E-state index contributed by atoms with van der Waals surface area (Å²) < 4.78 is 44.8. The van der Waals surface area contributed by atoms with Gasteiger partial charge in [0.05, 0.1) is 22.5 Å². The molecule has 0 unspecified atom stereocenters. The molecule has 5 nitrogen and oxygen atoms in total. The van der Waals surface area contributed by atoms with Crippen LogP contribution >= 0.6 is 11.6 Å². The van der Waals surface area contributed by atoms with Gasteiger partial charge in [-0.3, -0.25) is 4.79 Å². The summed E-state index contributed by atoms with van der Waals surface area (Å²) >= 11 is 5.91. The number of carbonyl (C=O) groups is 1. The summed E-state index contributed by atoms with van der Waals surface area (Å²) in [7, 11) is 0. The Labute approximate surface area is 193 Å². The van der Waals surface area contributed by atoms with E-state index < -0.39 is 22.7 Å². The van der Waals surface area contributed by atoms with E-state index in [2.05, 4.69) is 10.3 Å². The predicted octanol–water partition coefficient (Wildman–Crippen LogP) is 7.51. The van der Waals surface area contributed by atoms with Crippen LogP contribution in [0.1, 0.15) is 49.1 Å². The number of carboxylic acid groups (broad SMARTS) is 1. The summed E-state index contributed by atoms with van der Waals surface area (Å²) in [5.74, 6) is 0.388. The average Bonchev–Trinajstić information content (AvgIpc) is 3.23. The zero-order chi connectivity index (χ0) is 23.6. The van der Waals surface area contributed by atoms with E-state index in [4.69, 9.17) is 21.1 Å². The van der Waals surface area contributed by atoms with Gasteiger partial charge in [0.2, 0.25) is 0 Å². The van der Waals surface area contributed by atoms with Gasteiger partial charge >= 0.3 is 12.1 Å². The number of nitrogens with one attached hydrogen (secondary N) is 1. The second kappa shape index (κ2) is 9.47. The highest BCUT2D eigenvalue weighted by atomic mass is 35.5. The predicted molar refractivity (Wildman–Crippen MR) is 119 cm³/mol. The summed E-state index contributed by atoms with van der Waals surface area (Å²) in [6.07, 6.45) is 0.918. The number of benzene rings is 2. The van der Waals surface area contributed by atoms with Crippen LogP contribution in [0.4, 0.5) is 24.9 Å². The van der Waals surface area contributed by atoms with Crippen molar-refractivity contribution < 1.29 is 27.5 Å². The Morgan fingerprint density at radius 2 is 1.82 bits per heavy atom. The van der Waals surface area contributed by atoms with Crippen LogP contribution in [0.5, 0.6) is 0 Å². The Kier molecular flexibility index (Phi) is 6.65. The molecular weight excluding hydrogens is 457 g/mol. The molecule has 9 heteroatoms. The third-order valence-corrected chi connectivity index (χ3v) is 6.44.